The molecule has 8 nitrogen and oxygen atoms in total. The van der Waals surface area contributed by atoms with Crippen LogP contribution >= 0.6 is 11.6 Å². The summed E-state index contributed by atoms with van der Waals surface area (Å²) in [6.45, 7) is 5.37. The van der Waals surface area contributed by atoms with Gasteiger partial charge in [-0.15, -0.1) is 0 Å². The smallest absolute Gasteiger partial charge is 0.223 e. The zero-order valence-corrected chi connectivity index (χ0v) is 17.5. The van der Waals surface area contributed by atoms with Gasteiger partial charge >= 0.3 is 0 Å². The Morgan fingerprint density at radius 3 is 2.71 bits per heavy atom. The van der Waals surface area contributed by atoms with Gasteiger partial charge in [-0.1, -0.05) is 30.6 Å². The second kappa shape index (κ2) is 7.73. The van der Waals surface area contributed by atoms with Gasteiger partial charge in [0.2, 0.25) is 5.88 Å². The van der Waals surface area contributed by atoms with Gasteiger partial charge in [-0.3, -0.25) is 0 Å². The maximum atomic E-state index is 12.0. The van der Waals surface area contributed by atoms with E-state index in [1.54, 1.807) is 26.1 Å². The predicted molar refractivity (Wildman–Crippen MR) is 108 cm³/mol. The largest absolute Gasteiger partial charge is 0.474 e. The Morgan fingerprint density at radius 1 is 1.39 bits per heavy atom. The minimum Gasteiger partial charge on any atom is -0.474 e. The van der Waals surface area contributed by atoms with Gasteiger partial charge in [-0.25, -0.2) is 18.4 Å². The van der Waals surface area contributed by atoms with Gasteiger partial charge in [0.1, 0.15) is 11.3 Å². The summed E-state index contributed by atoms with van der Waals surface area (Å²) >= 11 is 6.04. The van der Waals surface area contributed by atoms with Crippen LogP contribution in [0.25, 0.3) is 21.2 Å². The number of nitrogens with zero attached hydrogens (tertiary/aromatic N) is 5. The van der Waals surface area contributed by atoms with E-state index >= 15 is 0 Å². The van der Waals surface area contributed by atoms with E-state index in [2.05, 4.69) is 20.0 Å². The van der Waals surface area contributed by atoms with Gasteiger partial charge in [-0.2, -0.15) is 0 Å². The van der Waals surface area contributed by atoms with Crippen molar-refractivity contribution in [3.63, 3.8) is 0 Å². The Hall–Kier alpha value is -2.09. The first-order chi connectivity index (χ1) is 13.2. The minimum atomic E-state index is -3.06. The number of ether oxygens (including phenoxy) is 1. The summed E-state index contributed by atoms with van der Waals surface area (Å²) in [6, 6.07) is 3.52. The fraction of sp³-hybridized carbons (Fsp3) is 0.556. The standard InChI is InChI=1S/C18H22ClN5O3S/c1-4-18(3,23-24-20)15-6-11-7-16(19)21-10-14(11)17(22-15)27-12-8-13(9-12)28(25,26)5-2/h6-7,10,12-13H,4-5,8-9H2,1-3H3/t12?,13?,18-/m1/s1. The lowest BCUT2D eigenvalue weighted by Crippen LogP contribution is -2.43. The fourth-order valence-electron chi connectivity index (χ4n) is 3.16. The van der Waals surface area contributed by atoms with Crippen molar-refractivity contribution in [2.45, 2.75) is 56.9 Å². The van der Waals surface area contributed by atoms with Crippen LogP contribution in [0.4, 0.5) is 0 Å². The number of rotatable bonds is 7. The Morgan fingerprint density at radius 2 is 2.11 bits per heavy atom. The molecule has 0 N–H and O–H groups in total. The van der Waals surface area contributed by atoms with Crippen LogP contribution in [-0.2, 0) is 15.4 Å². The summed E-state index contributed by atoms with van der Waals surface area (Å²) in [5, 5.41) is 5.32. The van der Waals surface area contributed by atoms with Crippen LogP contribution in [0.2, 0.25) is 5.15 Å². The molecular formula is C18H22ClN5O3S. The predicted octanol–water partition coefficient (Wildman–Crippen LogP) is 4.56. The van der Waals surface area contributed by atoms with Gasteiger partial charge < -0.3 is 4.74 Å². The number of azide groups is 1. The van der Waals surface area contributed by atoms with E-state index < -0.39 is 15.4 Å². The number of hydrogen-bond acceptors (Lipinski definition) is 6. The summed E-state index contributed by atoms with van der Waals surface area (Å²) < 4.78 is 30.0. The number of halogens is 1. The molecule has 0 unspecified atom stereocenters. The first-order valence-corrected chi connectivity index (χ1v) is 11.2. The van der Waals surface area contributed by atoms with E-state index in [0.29, 0.717) is 41.4 Å². The molecule has 0 aliphatic heterocycles. The zero-order valence-electron chi connectivity index (χ0n) is 16.0. The number of aromatic nitrogens is 2. The van der Waals surface area contributed by atoms with Crippen molar-refractivity contribution in [2.75, 3.05) is 5.75 Å². The maximum absolute atomic E-state index is 12.0. The van der Waals surface area contributed by atoms with E-state index in [0.717, 1.165) is 5.39 Å². The summed E-state index contributed by atoms with van der Waals surface area (Å²) in [6.07, 6.45) is 2.77. The molecule has 28 heavy (non-hydrogen) atoms. The van der Waals surface area contributed by atoms with Crippen LogP contribution in [0.3, 0.4) is 0 Å². The highest BCUT2D eigenvalue weighted by molar-refractivity contribution is 7.92. The number of pyridine rings is 2. The summed E-state index contributed by atoms with van der Waals surface area (Å²) in [5.41, 5.74) is 8.68. The average molecular weight is 424 g/mol. The van der Waals surface area contributed by atoms with E-state index in [1.807, 2.05) is 13.0 Å². The maximum Gasteiger partial charge on any atom is 0.223 e. The molecular weight excluding hydrogens is 402 g/mol. The molecule has 150 valence electrons. The molecule has 0 saturated heterocycles. The molecule has 10 heteroatoms. The van der Waals surface area contributed by atoms with E-state index in [4.69, 9.17) is 21.9 Å². The first-order valence-electron chi connectivity index (χ1n) is 9.13. The minimum absolute atomic E-state index is 0.129. The number of fused-ring (bicyclic) bond motifs is 1. The molecule has 1 aliphatic rings. The monoisotopic (exact) mass is 423 g/mol. The Labute approximate surface area is 168 Å². The quantitative estimate of drug-likeness (QED) is 0.280. The summed E-state index contributed by atoms with van der Waals surface area (Å²) in [5.74, 6) is 0.478. The number of sulfone groups is 1. The van der Waals surface area contributed by atoms with Crippen molar-refractivity contribution in [3.05, 3.63) is 39.6 Å². The molecule has 0 spiro atoms. The van der Waals surface area contributed by atoms with Crippen LogP contribution in [0, 0.1) is 0 Å². The average Bonchev–Trinajstić information content (AvgIpc) is 2.63. The SMILES string of the molecule is CC[C@@](C)(N=[N+]=[N-])c1cc2cc(Cl)ncc2c(OC2CC(S(=O)(=O)CC)C2)n1. The summed E-state index contributed by atoms with van der Waals surface area (Å²) in [4.78, 5) is 11.7. The molecule has 1 atom stereocenters. The third-order valence-corrected chi connectivity index (χ3v) is 7.81. The third-order valence-electron chi connectivity index (χ3n) is 5.39. The van der Waals surface area contributed by atoms with Crippen LogP contribution in [0.5, 0.6) is 5.88 Å². The van der Waals surface area contributed by atoms with Crippen molar-refractivity contribution >= 4 is 32.2 Å². The fourth-order valence-corrected chi connectivity index (χ4v) is 4.81. The van der Waals surface area contributed by atoms with Gasteiger partial charge in [0, 0.05) is 29.7 Å². The highest BCUT2D eigenvalue weighted by atomic mass is 35.5. The second-order valence-electron chi connectivity index (χ2n) is 7.14. The topological polar surface area (TPSA) is 118 Å². The lowest BCUT2D eigenvalue weighted by molar-refractivity contribution is 0.118. The molecule has 1 saturated carbocycles. The molecule has 0 amide bonds. The zero-order chi connectivity index (χ0) is 20.5. The van der Waals surface area contributed by atoms with Crippen molar-refractivity contribution in [1.82, 2.24) is 9.97 Å². The molecule has 2 aromatic heterocycles. The molecule has 1 aliphatic carbocycles. The highest BCUT2D eigenvalue weighted by Gasteiger charge is 2.39. The third kappa shape index (κ3) is 3.87. The Balaban J connectivity index is 1.98. The molecule has 0 bridgehead atoms. The first kappa shape index (κ1) is 20.6. The van der Waals surface area contributed by atoms with Gasteiger partial charge in [0.25, 0.3) is 0 Å². The normalized spacial score (nSPS) is 21.4. The van der Waals surface area contributed by atoms with Crippen molar-refractivity contribution < 1.29 is 13.2 Å². The van der Waals surface area contributed by atoms with Crippen molar-refractivity contribution in [2.24, 2.45) is 5.11 Å². The van der Waals surface area contributed by atoms with Crippen LogP contribution in [-0.4, -0.2) is 35.5 Å². The molecule has 0 aromatic carbocycles. The summed E-state index contributed by atoms with van der Waals surface area (Å²) in [7, 11) is -3.06. The van der Waals surface area contributed by atoms with Crippen LogP contribution in [0.1, 0.15) is 45.7 Å². The molecule has 2 aromatic rings. The van der Waals surface area contributed by atoms with E-state index in [9.17, 15) is 8.42 Å². The molecule has 3 rings (SSSR count). The van der Waals surface area contributed by atoms with E-state index in [1.165, 1.54) is 0 Å². The molecule has 0 radical (unpaired) electrons. The second-order valence-corrected chi connectivity index (χ2v) is 10.1. The van der Waals surface area contributed by atoms with Gasteiger partial charge in [-0.05, 0) is 36.4 Å². The molecule has 1 fully saturated rings. The van der Waals surface area contributed by atoms with Crippen LogP contribution < -0.4 is 4.74 Å². The number of hydrogen-bond donors (Lipinski definition) is 0. The highest BCUT2D eigenvalue weighted by Crippen LogP contribution is 2.37. The Kier molecular flexibility index (Phi) is 5.70. The lowest BCUT2D eigenvalue weighted by Gasteiger charge is -2.34. The van der Waals surface area contributed by atoms with Gasteiger partial charge in [0.05, 0.1) is 21.9 Å². The van der Waals surface area contributed by atoms with Crippen molar-refractivity contribution in [3.8, 4) is 5.88 Å². The molecule has 2 heterocycles. The van der Waals surface area contributed by atoms with Gasteiger partial charge in [0.15, 0.2) is 9.84 Å². The Bertz CT molecular complexity index is 1050. The van der Waals surface area contributed by atoms with Crippen molar-refractivity contribution in [1.29, 1.82) is 0 Å². The van der Waals surface area contributed by atoms with Crippen LogP contribution in [0.15, 0.2) is 23.4 Å². The lowest BCUT2D eigenvalue weighted by atomic mass is 9.93. The van der Waals surface area contributed by atoms with E-state index in [-0.39, 0.29) is 17.1 Å².